The van der Waals surface area contributed by atoms with Gasteiger partial charge in [-0.15, -0.1) is 11.3 Å². The van der Waals surface area contributed by atoms with E-state index in [0.717, 1.165) is 23.6 Å². The fourth-order valence-electron chi connectivity index (χ4n) is 2.21. The molecule has 1 heterocycles. The van der Waals surface area contributed by atoms with Gasteiger partial charge in [0, 0.05) is 20.8 Å². The van der Waals surface area contributed by atoms with Crippen LogP contribution < -0.4 is 5.32 Å². The van der Waals surface area contributed by atoms with Gasteiger partial charge in [-0.25, -0.2) is 0 Å². The quantitative estimate of drug-likeness (QED) is 0.708. The summed E-state index contributed by atoms with van der Waals surface area (Å²) < 4.78 is 0. The molecule has 0 bridgehead atoms. The van der Waals surface area contributed by atoms with Gasteiger partial charge in [-0.05, 0) is 55.6 Å². The molecule has 1 unspecified atom stereocenters. The van der Waals surface area contributed by atoms with Crippen molar-refractivity contribution in [1.29, 1.82) is 0 Å². The lowest BCUT2D eigenvalue weighted by molar-refractivity contribution is 0.525. The van der Waals surface area contributed by atoms with Crippen molar-refractivity contribution in [1.82, 2.24) is 5.32 Å². The van der Waals surface area contributed by atoms with Gasteiger partial charge < -0.3 is 5.32 Å². The molecule has 0 saturated carbocycles. The number of rotatable bonds is 6. The van der Waals surface area contributed by atoms with Crippen LogP contribution in [0.25, 0.3) is 10.4 Å². The number of hydrogen-bond donors (Lipinski definition) is 1. The highest BCUT2D eigenvalue weighted by molar-refractivity contribution is 7.15. The highest BCUT2D eigenvalue weighted by atomic mass is 35.5. The van der Waals surface area contributed by atoms with Gasteiger partial charge in [0.15, 0.2) is 0 Å². The molecule has 0 aliphatic rings. The van der Waals surface area contributed by atoms with Crippen LogP contribution in [0.1, 0.15) is 43.2 Å². The molecule has 2 rings (SSSR count). The average Bonchev–Trinajstić information content (AvgIpc) is 2.92. The molecule has 0 aliphatic carbocycles. The zero-order valence-corrected chi connectivity index (χ0v) is 13.9. The van der Waals surface area contributed by atoms with Crippen LogP contribution in [0.5, 0.6) is 0 Å². The lowest BCUT2D eigenvalue weighted by Gasteiger charge is -2.14. The van der Waals surface area contributed by atoms with Crippen LogP contribution in [-0.2, 0) is 0 Å². The van der Waals surface area contributed by atoms with Gasteiger partial charge in [0.25, 0.3) is 0 Å². The Morgan fingerprint density at radius 3 is 2.65 bits per heavy atom. The standard InChI is InChI=1S/C17H22ClNS/c1-4-10-19-15(5-2)17-9-8-16(20-17)13-7-6-12(3)14(18)11-13/h6-9,11,15,19H,4-5,10H2,1-3H3. The van der Waals surface area contributed by atoms with Crippen molar-refractivity contribution < 1.29 is 0 Å². The number of aryl methyl sites for hydroxylation is 1. The molecule has 20 heavy (non-hydrogen) atoms. The molecule has 1 atom stereocenters. The Kier molecular flexibility index (Phi) is 5.64. The van der Waals surface area contributed by atoms with Crippen molar-refractivity contribution in [2.45, 2.75) is 39.7 Å². The lowest BCUT2D eigenvalue weighted by atomic mass is 10.1. The van der Waals surface area contributed by atoms with Crippen LogP contribution in [0.4, 0.5) is 0 Å². The molecule has 1 aromatic heterocycles. The van der Waals surface area contributed by atoms with E-state index in [2.05, 4.69) is 49.5 Å². The minimum absolute atomic E-state index is 0.467. The lowest BCUT2D eigenvalue weighted by Crippen LogP contribution is -2.20. The zero-order valence-electron chi connectivity index (χ0n) is 12.4. The molecule has 0 saturated heterocycles. The molecule has 0 fully saturated rings. The molecule has 0 spiro atoms. The second-order valence-corrected chi connectivity index (χ2v) is 6.60. The summed E-state index contributed by atoms with van der Waals surface area (Å²) in [4.78, 5) is 2.70. The van der Waals surface area contributed by atoms with Crippen molar-refractivity contribution >= 4 is 22.9 Å². The normalized spacial score (nSPS) is 12.6. The Morgan fingerprint density at radius 1 is 1.20 bits per heavy atom. The fourth-order valence-corrected chi connectivity index (χ4v) is 3.55. The van der Waals surface area contributed by atoms with E-state index >= 15 is 0 Å². The number of halogens is 1. The van der Waals surface area contributed by atoms with Crippen LogP contribution in [0.2, 0.25) is 5.02 Å². The molecule has 1 nitrogen and oxygen atoms in total. The van der Waals surface area contributed by atoms with Crippen LogP contribution in [0, 0.1) is 6.92 Å². The molecule has 0 radical (unpaired) electrons. The van der Waals surface area contributed by atoms with Gasteiger partial charge in [0.05, 0.1) is 0 Å². The highest BCUT2D eigenvalue weighted by Crippen LogP contribution is 2.34. The molecule has 1 N–H and O–H groups in total. The molecular formula is C17H22ClNS. The maximum Gasteiger partial charge on any atom is 0.0441 e. The minimum atomic E-state index is 0.467. The van der Waals surface area contributed by atoms with E-state index < -0.39 is 0 Å². The van der Waals surface area contributed by atoms with Gasteiger partial charge in [0.1, 0.15) is 0 Å². The third-order valence-electron chi connectivity index (χ3n) is 3.48. The van der Waals surface area contributed by atoms with Crippen LogP contribution in [-0.4, -0.2) is 6.54 Å². The summed E-state index contributed by atoms with van der Waals surface area (Å²) in [7, 11) is 0. The molecule has 2 aromatic rings. The third-order valence-corrected chi connectivity index (χ3v) is 5.13. The van der Waals surface area contributed by atoms with Crippen molar-refractivity contribution in [3.8, 4) is 10.4 Å². The minimum Gasteiger partial charge on any atom is -0.309 e. The van der Waals surface area contributed by atoms with Crippen molar-refractivity contribution in [2.75, 3.05) is 6.54 Å². The summed E-state index contributed by atoms with van der Waals surface area (Å²) in [6, 6.07) is 11.2. The molecule has 0 amide bonds. The largest absolute Gasteiger partial charge is 0.309 e. The molecule has 0 aliphatic heterocycles. The smallest absolute Gasteiger partial charge is 0.0441 e. The second-order valence-electron chi connectivity index (χ2n) is 5.08. The van der Waals surface area contributed by atoms with E-state index in [1.54, 1.807) is 0 Å². The third kappa shape index (κ3) is 3.63. The monoisotopic (exact) mass is 307 g/mol. The van der Waals surface area contributed by atoms with Crippen LogP contribution in [0.3, 0.4) is 0 Å². The van der Waals surface area contributed by atoms with Gasteiger partial charge in [-0.3, -0.25) is 0 Å². The van der Waals surface area contributed by atoms with E-state index in [9.17, 15) is 0 Å². The molecule has 108 valence electrons. The van der Waals surface area contributed by atoms with E-state index in [0.29, 0.717) is 6.04 Å². The van der Waals surface area contributed by atoms with Crippen molar-refractivity contribution in [2.24, 2.45) is 0 Å². The summed E-state index contributed by atoms with van der Waals surface area (Å²) in [5.41, 5.74) is 2.34. The first-order valence-electron chi connectivity index (χ1n) is 7.25. The Bertz CT molecular complexity index is 562. The Balaban J connectivity index is 2.20. The van der Waals surface area contributed by atoms with Crippen molar-refractivity contribution in [3.63, 3.8) is 0 Å². The predicted octanol–water partition coefficient (Wildman–Crippen LogP) is 5.83. The SMILES string of the molecule is CCCNC(CC)c1ccc(-c2ccc(C)c(Cl)c2)s1. The molecular weight excluding hydrogens is 286 g/mol. The predicted molar refractivity (Wildman–Crippen MR) is 90.8 cm³/mol. The first-order chi connectivity index (χ1) is 9.65. The summed E-state index contributed by atoms with van der Waals surface area (Å²) >= 11 is 8.08. The number of nitrogens with one attached hydrogen (secondary N) is 1. The molecule has 1 aromatic carbocycles. The Hall–Kier alpha value is -0.830. The fraction of sp³-hybridized carbons (Fsp3) is 0.412. The number of benzene rings is 1. The van der Waals surface area contributed by atoms with Gasteiger partial charge in [-0.1, -0.05) is 37.6 Å². The van der Waals surface area contributed by atoms with Crippen molar-refractivity contribution in [3.05, 3.63) is 45.8 Å². The maximum atomic E-state index is 6.22. The summed E-state index contributed by atoms with van der Waals surface area (Å²) in [6.07, 6.45) is 2.29. The first kappa shape index (κ1) is 15.6. The van der Waals surface area contributed by atoms with E-state index in [1.807, 2.05) is 18.3 Å². The van der Waals surface area contributed by atoms with E-state index in [4.69, 9.17) is 11.6 Å². The van der Waals surface area contributed by atoms with Crippen LogP contribution in [0.15, 0.2) is 30.3 Å². The van der Waals surface area contributed by atoms with Gasteiger partial charge >= 0.3 is 0 Å². The Morgan fingerprint density at radius 2 is 2.00 bits per heavy atom. The topological polar surface area (TPSA) is 12.0 Å². The second kappa shape index (κ2) is 7.26. The summed E-state index contributed by atoms with van der Waals surface area (Å²) in [6.45, 7) is 7.54. The highest BCUT2D eigenvalue weighted by Gasteiger charge is 2.12. The van der Waals surface area contributed by atoms with E-state index in [1.165, 1.54) is 21.7 Å². The molecule has 3 heteroatoms. The van der Waals surface area contributed by atoms with Gasteiger partial charge in [0.2, 0.25) is 0 Å². The summed E-state index contributed by atoms with van der Waals surface area (Å²) in [5.74, 6) is 0. The van der Waals surface area contributed by atoms with E-state index in [-0.39, 0.29) is 0 Å². The van der Waals surface area contributed by atoms with Crippen LogP contribution >= 0.6 is 22.9 Å². The first-order valence-corrected chi connectivity index (χ1v) is 8.44. The van der Waals surface area contributed by atoms with Gasteiger partial charge in [-0.2, -0.15) is 0 Å². The Labute approximate surface area is 131 Å². The number of hydrogen-bond acceptors (Lipinski definition) is 2. The average molecular weight is 308 g/mol. The number of thiophene rings is 1. The summed E-state index contributed by atoms with van der Waals surface area (Å²) in [5, 5.41) is 4.45. The maximum absolute atomic E-state index is 6.22. The zero-order chi connectivity index (χ0) is 14.5.